The molecule has 7 atom stereocenters. The second-order valence-electron chi connectivity index (χ2n) is 17.5. The molecule has 2 aromatic rings. The van der Waals surface area contributed by atoms with Gasteiger partial charge in [-0.05, 0) is 94.7 Å². The Kier molecular flexibility index (Phi) is 12.0. The lowest BCUT2D eigenvalue weighted by Gasteiger charge is -2.47. The van der Waals surface area contributed by atoms with Crippen LogP contribution in [0, 0.1) is 17.8 Å². The first-order valence-electron chi connectivity index (χ1n) is 20.0. The highest BCUT2D eigenvalue weighted by molar-refractivity contribution is 7.91. The van der Waals surface area contributed by atoms with E-state index in [1.807, 2.05) is 13.0 Å². The molecule has 3 heterocycles. The third-order valence-corrected chi connectivity index (χ3v) is 15.5. The Morgan fingerprint density at radius 3 is 2.49 bits per heavy atom. The van der Waals surface area contributed by atoms with Crippen molar-refractivity contribution in [1.82, 2.24) is 24.8 Å². The third kappa shape index (κ3) is 8.42. The zero-order valence-electron chi connectivity index (χ0n) is 34.4. The lowest BCUT2D eigenvalue weighted by molar-refractivity contribution is -0.157. The number of fused-ring (bicyclic) bond motifs is 3. The summed E-state index contributed by atoms with van der Waals surface area (Å²) >= 11 is 6.46. The van der Waals surface area contributed by atoms with Gasteiger partial charge in [0.1, 0.15) is 35.0 Å². The Balaban J connectivity index is 1.44. The topological polar surface area (TPSA) is 185 Å². The molecular weight excluding hydrogens is 812 g/mol. The number of benzene rings is 1. The van der Waals surface area contributed by atoms with Crippen molar-refractivity contribution in [2.24, 2.45) is 17.8 Å². The van der Waals surface area contributed by atoms with Crippen LogP contribution < -0.4 is 19.5 Å². The Morgan fingerprint density at radius 1 is 1.19 bits per heavy atom. The lowest BCUT2D eigenvalue weighted by atomic mass is 9.81. The highest BCUT2D eigenvalue weighted by atomic mass is 35.5. The number of carboxylic acid groups (broad SMARTS) is 1. The monoisotopic (exact) mass is 865 g/mol. The molecule has 0 radical (unpaired) electrons. The van der Waals surface area contributed by atoms with E-state index in [-0.39, 0.29) is 42.6 Å². The van der Waals surface area contributed by atoms with Crippen molar-refractivity contribution in [3.8, 4) is 11.6 Å². The Bertz CT molecular complexity index is 2150. The number of halogens is 3. The predicted molar refractivity (Wildman–Crippen MR) is 216 cm³/mol. The second kappa shape index (κ2) is 16.0. The molecule has 1 aromatic carbocycles. The lowest BCUT2D eigenvalue weighted by Crippen LogP contribution is -2.67. The SMILES string of the molecule is CC[C@@H]1C[C@H](C)CCC=C[C@@H]2C[C@@]2(C(=O)NS(=O)(=O)C2(C)CC2)NC(=O)[C@@H]2C[C@@H](Oc3nccc4cc(OC)c(Cl)cc34)CN2C(=O)[C@H]1N(C(=O)O)C(C)(C)C(C)(F)F. The van der Waals surface area contributed by atoms with Gasteiger partial charge in [0.05, 0.1) is 23.4 Å². The zero-order valence-corrected chi connectivity index (χ0v) is 36.0. The first-order valence-corrected chi connectivity index (χ1v) is 21.9. The highest BCUT2D eigenvalue weighted by Gasteiger charge is 2.63. The molecule has 0 bridgehead atoms. The summed E-state index contributed by atoms with van der Waals surface area (Å²) in [4.78, 5) is 63.2. The summed E-state index contributed by atoms with van der Waals surface area (Å²) in [6, 6.07) is 1.95. The summed E-state index contributed by atoms with van der Waals surface area (Å²) < 4.78 is 70.3. The molecule has 4 amide bonds. The number of carbonyl (C=O) groups excluding carboxylic acids is 3. The molecule has 14 nitrogen and oxygen atoms in total. The van der Waals surface area contributed by atoms with Crippen LogP contribution in [0.3, 0.4) is 0 Å². The molecule has 4 aliphatic rings. The number of pyridine rings is 1. The maximum atomic E-state index is 15.5. The molecule has 6 rings (SSSR count). The van der Waals surface area contributed by atoms with Crippen molar-refractivity contribution in [3.05, 3.63) is 41.6 Å². The minimum absolute atomic E-state index is 0.0840. The van der Waals surface area contributed by atoms with Gasteiger partial charge in [-0.2, -0.15) is 0 Å². The van der Waals surface area contributed by atoms with Gasteiger partial charge in [0.25, 0.3) is 11.8 Å². The van der Waals surface area contributed by atoms with Crippen LogP contribution in [0.4, 0.5) is 13.6 Å². The van der Waals surface area contributed by atoms with E-state index in [0.717, 1.165) is 18.7 Å². The van der Waals surface area contributed by atoms with Crippen LogP contribution in [0.15, 0.2) is 36.5 Å². The summed E-state index contributed by atoms with van der Waals surface area (Å²) in [5, 5.41) is 14.9. The van der Waals surface area contributed by atoms with Crippen LogP contribution in [0.2, 0.25) is 5.02 Å². The van der Waals surface area contributed by atoms with E-state index < -0.39 is 85.6 Å². The maximum absolute atomic E-state index is 15.5. The van der Waals surface area contributed by atoms with Gasteiger partial charge in [0.2, 0.25) is 27.7 Å². The van der Waals surface area contributed by atoms with Crippen LogP contribution in [0.25, 0.3) is 10.8 Å². The number of carbonyl (C=O) groups is 4. The van der Waals surface area contributed by atoms with Gasteiger partial charge in [-0.25, -0.2) is 27.0 Å². The number of sulfonamides is 1. The molecule has 2 aliphatic carbocycles. The van der Waals surface area contributed by atoms with Crippen molar-refractivity contribution >= 4 is 56.2 Å². The van der Waals surface area contributed by atoms with E-state index in [2.05, 4.69) is 15.0 Å². The fourth-order valence-electron chi connectivity index (χ4n) is 8.40. The van der Waals surface area contributed by atoms with Gasteiger partial charge >= 0.3 is 6.09 Å². The van der Waals surface area contributed by atoms with Gasteiger partial charge in [-0.15, -0.1) is 0 Å². The van der Waals surface area contributed by atoms with Gasteiger partial charge in [-0.3, -0.25) is 24.0 Å². The van der Waals surface area contributed by atoms with Crippen molar-refractivity contribution < 1.29 is 51.0 Å². The molecule has 0 spiro atoms. The van der Waals surface area contributed by atoms with Gasteiger partial charge in [0, 0.05) is 30.8 Å². The summed E-state index contributed by atoms with van der Waals surface area (Å²) in [5.41, 5.74) is -4.06. The summed E-state index contributed by atoms with van der Waals surface area (Å²) in [6.07, 6.45) is 4.77. The second-order valence-corrected chi connectivity index (χ2v) is 20.1. The Labute approximate surface area is 348 Å². The number of amides is 4. The normalized spacial score (nSPS) is 28.7. The van der Waals surface area contributed by atoms with Crippen molar-refractivity contribution in [3.63, 3.8) is 0 Å². The number of aromatic nitrogens is 1. The standard InChI is InChI=1S/C41H54ClF2N5O9S/c1-8-24-17-23(2)11-9-10-12-26-21-41(26,36(52)47-59(55,56)39(5)14-15-39)46-33(50)30-19-27(58-34-28-20-29(42)31(57-7)18-25(28)13-16-45-34)22-48(30)35(51)32(24)49(37(53)54)38(3,4)40(6,43)44/h10,12-13,16,18,20,23-24,26-27,30,32H,8-9,11,14-15,17,19,21-22H2,1-7H3,(H,46,50)(H,47,52)(H,53,54)/t23-,24-,26-,27-,30+,32+,41-/m1/s1. The molecule has 1 aromatic heterocycles. The number of methoxy groups -OCH3 is 1. The molecule has 3 N–H and O–H groups in total. The molecule has 324 valence electrons. The van der Waals surface area contributed by atoms with Crippen LogP contribution in [-0.2, 0) is 24.4 Å². The number of hydrogen-bond donors (Lipinski definition) is 3. The predicted octanol–water partition coefficient (Wildman–Crippen LogP) is 6.30. The number of nitrogens with one attached hydrogen (secondary N) is 2. The average Bonchev–Trinajstić information content (AvgIpc) is 4.03. The van der Waals surface area contributed by atoms with E-state index in [1.54, 1.807) is 31.2 Å². The average molecular weight is 866 g/mol. The minimum Gasteiger partial charge on any atom is -0.495 e. The highest BCUT2D eigenvalue weighted by Crippen LogP contribution is 2.48. The Morgan fingerprint density at radius 2 is 1.88 bits per heavy atom. The number of alkyl halides is 2. The third-order valence-electron chi connectivity index (χ3n) is 13.0. The Hall–Kier alpha value is -4.25. The number of rotatable bonds is 10. The molecule has 0 unspecified atom stereocenters. The summed E-state index contributed by atoms with van der Waals surface area (Å²) in [5.74, 6) is -7.10. The molecule has 18 heteroatoms. The molecule has 3 fully saturated rings. The van der Waals surface area contributed by atoms with Crippen LogP contribution >= 0.6 is 11.6 Å². The van der Waals surface area contributed by atoms with Crippen LogP contribution in [-0.4, -0.2) is 106 Å². The molecule has 2 aliphatic heterocycles. The minimum atomic E-state index is -4.10. The van der Waals surface area contributed by atoms with E-state index in [9.17, 15) is 27.9 Å². The summed E-state index contributed by atoms with van der Waals surface area (Å²) in [6.45, 7) is 7.70. The first kappa shape index (κ1) is 44.3. The number of hydrogen-bond acceptors (Lipinski definition) is 9. The van der Waals surface area contributed by atoms with Crippen LogP contribution in [0.1, 0.15) is 92.9 Å². The first-order chi connectivity index (χ1) is 27.5. The van der Waals surface area contributed by atoms with Gasteiger partial charge < -0.3 is 24.8 Å². The zero-order chi connectivity index (χ0) is 43.5. The quantitative estimate of drug-likeness (QED) is 0.229. The fraction of sp³-hybridized carbons (Fsp3) is 0.634. The van der Waals surface area contributed by atoms with Crippen molar-refractivity contribution in [1.29, 1.82) is 0 Å². The molecule has 1 saturated heterocycles. The smallest absolute Gasteiger partial charge is 0.408 e. The fourth-order valence-corrected chi connectivity index (χ4v) is 9.95. The van der Waals surface area contributed by atoms with E-state index in [1.165, 1.54) is 20.2 Å². The number of allylic oxidation sites excluding steroid dienone is 1. The molecule has 2 saturated carbocycles. The van der Waals surface area contributed by atoms with E-state index >= 15 is 13.6 Å². The van der Waals surface area contributed by atoms with Crippen molar-refractivity contribution in [2.75, 3.05) is 13.7 Å². The maximum Gasteiger partial charge on any atom is 0.408 e. The van der Waals surface area contributed by atoms with Crippen molar-refractivity contribution in [2.45, 2.75) is 133 Å². The number of ether oxygens (including phenoxy) is 2. The van der Waals surface area contributed by atoms with E-state index in [0.29, 0.717) is 60.4 Å². The van der Waals surface area contributed by atoms with Crippen LogP contribution in [0.5, 0.6) is 11.6 Å². The van der Waals surface area contributed by atoms with Gasteiger partial charge in [0.15, 0.2) is 0 Å². The number of nitrogens with zero attached hydrogens (tertiary/aromatic N) is 3. The largest absolute Gasteiger partial charge is 0.495 e. The van der Waals surface area contributed by atoms with E-state index in [4.69, 9.17) is 21.1 Å². The molecular formula is C41H54ClF2N5O9S. The molecule has 59 heavy (non-hydrogen) atoms. The summed E-state index contributed by atoms with van der Waals surface area (Å²) in [7, 11) is -2.63. The van der Waals surface area contributed by atoms with Gasteiger partial charge in [-0.1, -0.05) is 44.0 Å².